The van der Waals surface area contributed by atoms with Gasteiger partial charge in [0.1, 0.15) is 0 Å². The molecule has 1 aromatic rings. The van der Waals surface area contributed by atoms with E-state index in [9.17, 15) is 0 Å². The van der Waals surface area contributed by atoms with Gasteiger partial charge in [0.2, 0.25) is 0 Å². The second kappa shape index (κ2) is 8.04. The first-order valence-corrected chi connectivity index (χ1v) is 7.66. The predicted octanol–water partition coefficient (Wildman–Crippen LogP) is 4.39. The van der Waals surface area contributed by atoms with Gasteiger partial charge in [0, 0.05) is 20.6 Å². The molecule has 15 heavy (non-hydrogen) atoms. The molecule has 0 spiro atoms. The van der Waals surface area contributed by atoms with Crippen LogP contribution in [0.15, 0.2) is 43.0 Å². The minimum atomic E-state index is -0.782. The first-order valence-electron chi connectivity index (χ1n) is 4.61. The molecule has 3 heteroatoms. The maximum atomic E-state index is 3.82. The van der Waals surface area contributed by atoms with Crippen molar-refractivity contribution >= 4 is 24.2 Å². The van der Waals surface area contributed by atoms with E-state index in [4.69, 9.17) is 0 Å². The summed E-state index contributed by atoms with van der Waals surface area (Å²) < 4.78 is 0. The van der Waals surface area contributed by atoms with Gasteiger partial charge in [0.05, 0.1) is 12.3 Å². The molecular weight excluding hydrogens is 269 g/mol. The third kappa shape index (κ3) is 6.83. The quantitative estimate of drug-likeness (QED) is 0.648. The van der Waals surface area contributed by atoms with E-state index in [1.165, 1.54) is 17.9 Å². The molecule has 0 radical (unpaired) electrons. The molecule has 86 valence electrons. The van der Waals surface area contributed by atoms with E-state index in [1.807, 2.05) is 0 Å². The van der Waals surface area contributed by atoms with Gasteiger partial charge in [-0.3, -0.25) is 0 Å². The van der Waals surface area contributed by atoms with E-state index in [0.29, 0.717) is 0 Å². The zero-order valence-corrected chi connectivity index (χ0v) is 12.3. The van der Waals surface area contributed by atoms with E-state index < -0.39 is 7.26 Å². The molecule has 0 aromatic heterocycles. The lowest BCUT2D eigenvalue weighted by Crippen LogP contribution is -1.96. The number of rotatable bonds is 4. The monoisotopic (exact) mass is 290 g/mol. The Hall–Kier alpha value is -0.170. The van der Waals surface area contributed by atoms with Crippen molar-refractivity contribution in [3.05, 3.63) is 48.6 Å². The van der Waals surface area contributed by atoms with Gasteiger partial charge in [-0.2, -0.15) is 0 Å². The molecular formula is C12H22BrNP+. The van der Waals surface area contributed by atoms with Crippen molar-refractivity contribution in [1.82, 2.24) is 6.15 Å². The van der Waals surface area contributed by atoms with Gasteiger partial charge >= 0.3 is 0 Å². The van der Waals surface area contributed by atoms with Crippen molar-refractivity contribution in [2.75, 3.05) is 19.5 Å². The van der Waals surface area contributed by atoms with Crippen molar-refractivity contribution in [1.29, 1.82) is 0 Å². The van der Waals surface area contributed by atoms with E-state index in [1.54, 1.807) is 0 Å². The molecule has 0 aliphatic rings. The van der Waals surface area contributed by atoms with Crippen LogP contribution in [0.3, 0.4) is 0 Å². The summed E-state index contributed by atoms with van der Waals surface area (Å²) in [5, 5.41) is 0. The Labute approximate surface area is 105 Å². The van der Waals surface area contributed by atoms with Crippen molar-refractivity contribution in [2.24, 2.45) is 0 Å². The lowest BCUT2D eigenvalue weighted by atomic mass is 10.2. The number of hydrogen-bond acceptors (Lipinski definition) is 1. The van der Waals surface area contributed by atoms with Gasteiger partial charge in [-0.25, -0.2) is 0 Å². The Bertz CT molecular complexity index is 272. The molecule has 0 aliphatic carbocycles. The molecule has 0 bridgehead atoms. The zero-order chi connectivity index (χ0) is 9.73. The fourth-order valence-electron chi connectivity index (χ4n) is 1.49. The number of allylic oxidation sites excluding steroid dienone is 1. The van der Waals surface area contributed by atoms with Crippen molar-refractivity contribution in [3.8, 4) is 0 Å². The highest BCUT2D eigenvalue weighted by atomic mass is 79.9. The van der Waals surface area contributed by atoms with Crippen LogP contribution in [-0.2, 0) is 6.16 Å². The predicted molar refractivity (Wildman–Crippen MR) is 79.3 cm³/mol. The second-order valence-corrected chi connectivity index (χ2v) is 8.60. The van der Waals surface area contributed by atoms with Crippen LogP contribution < -0.4 is 6.15 Å². The van der Waals surface area contributed by atoms with Crippen molar-refractivity contribution in [3.63, 3.8) is 0 Å². The van der Waals surface area contributed by atoms with E-state index in [2.05, 4.69) is 56.3 Å². The van der Waals surface area contributed by atoms with Gasteiger partial charge in [0.25, 0.3) is 0 Å². The summed E-state index contributed by atoms with van der Waals surface area (Å²) >= 11 is 0. The maximum Gasteiger partial charge on any atom is 0.0840 e. The SMILES string of the molecule is Br.C=CC[P+](C)(C)Cc1ccccc1.N. The van der Waals surface area contributed by atoms with Crippen LogP contribution in [0.5, 0.6) is 0 Å². The van der Waals surface area contributed by atoms with Gasteiger partial charge in [-0.1, -0.05) is 43.0 Å². The summed E-state index contributed by atoms with van der Waals surface area (Å²) in [6.45, 7) is 8.60. The summed E-state index contributed by atoms with van der Waals surface area (Å²) in [5.41, 5.74) is 1.46. The first-order chi connectivity index (χ1) is 6.14. The Morgan fingerprint density at radius 3 is 2.20 bits per heavy atom. The van der Waals surface area contributed by atoms with Crippen LogP contribution in [0.25, 0.3) is 0 Å². The van der Waals surface area contributed by atoms with E-state index in [0.717, 1.165) is 0 Å². The van der Waals surface area contributed by atoms with Crippen molar-refractivity contribution < 1.29 is 0 Å². The third-order valence-electron chi connectivity index (χ3n) is 2.08. The molecule has 0 amide bonds. The molecule has 3 N–H and O–H groups in total. The van der Waals surface area contributed by atoms with Gasteiger partial charge < -0.3 is 6.15 Å². The van der Waals surface area contributed by atoms with Gasteiger partial charge in [0.15, 0.2) is 0 Å². The van der Waals surface area contributed by atoms with Crippen molar-refractivity contribution in [2.45, 2.75) is 6.16 Å². The van der Waals surface area contributed by atoms with Crippen LogP contribution in [0.4, 0.5) is 0 Å². The molecule has 0 aliphatic heterocycles. The highest BCUT2D eigenvalue weighted by Gasteiger charge is 2.22. The van der Waals surface area contributed by atoms with Crippen LogP contribution in [0, 0.1) is 0 Å². The average molecular weight is 291 g/mol. The number of halogens is 1. The molecule has 0 atom stereocenters. The number of benzene rings is 1. The Kier molecular flexibility index (Phi) is 9.23. The highest BCUT2D eigenvalue weighted by Crippen LogP contribution is 2.54. The molecule has 0 fully saturated rings. The Balaban J connectivity index is 0. The average Bonchev–Trinajstić information content (AvgIpc) is 2.04. The fourth-order valence-corrected chi connectivity index (χ4v) is 3.52. The summed E-state index contributed by atoms with van der Waals surface area (Å²) in [6.07, 6.45) is 4.47. The normalized spacial score (nSPS) is 9.73. The molecule has 1 aromatic carbocycles. The van der Waals surface area contributed by atoms with E-state index >= 15 is 0 Å². The maximum absolute atomic E-state index is 3.82. The molecule has 1 nitrogen and oxygen atoms in total. The summed E-state index contributed by atoms with van der Waals surface area (Å²) in [6, 6.07) is 10.7. The molecule has 0 saturated heterocycles. The second-order valence-electron chi connectivity index (χ2n) is 4.05. The molecule has 0 unspecified atom stereocenters. The third-order valence-corrected chi connectivity index (χ3v) is 4.54. The lowest BCUT2D eigenvalue weighted by molar-refractivity contribution is 1.36. The Morgan fingerprint density at radius 1 is 1.20 bits per heavy atom. The minimum absolute atomic E-state index is 0. The summed E-state index contributed by atoms with van der Waals surface area (Å²) in [4.78, 5) is 0. The van der Waals surface area contributed by atoms with Gasteiger partial charge in [-0.15, -0.1) is 17.0 Å². The Morgan fingerprint density at radius 2 is 1.73 bits per heavy atom. The highest BCUT2D eigenvalue weighted by molar-refractivity contribution is 8.93. The molecule has 1 rings (SSSR count). The number of hydrogen-bond donors (Lipinski definition) is 1. The van der Waals surface area contributed by atoms with Crippen LogP contribution in [0.2, 0.25) is 0 Å². The van der Waals surface area contributed by atoms with Gasteiger partial charge in [-0.05, 0) is 5.56 Å². The fraction of sp³-hybridized carbons (Fsp3) is 0.333. The molecule has 0 saturated carbocycles. The summed E-state index contributed by atoms with van der Waals surface area (Å²) in [7, 11) is -0.782. The van der Waals surface area contributed by atoms with Crippen LogP contribution in [-0.4, -0.2) is 19.5 Å². The standard InChI is InChI=1S/C12H18P.BrH.H3N/c1-4-10-13(2,3)11-12-8-6-5-7-9-12;;/h4-9H,1,10-11H2,2-3H3;1H;1H3/q+1;;. The lowest BCUT2D eigenvalue weighted by Gasteiger charge is -2.15. The summed E-state index contributed by atoms with van der Waals surface area (Å²) in [5.74, 6) is 0. The minimum Gasteiger partial charge on any atom is -0.344 e. The largest absolute Gasteiger partial charge is 0.344 e. The van der Waals surface area contributed by atoms with E-state index in [-0.39, 0.29) is 23.1 Å². The van der Waals surface area contributed by atoms with Crippen LogP contribution >= 0.6 is 24.2 Å². The molecule has 0 heterocycles. The topological polar surface area (TPSA) is 35.0 Å². The smallest absolute Gasteiger partial charge is 0.0840 e. The zero-order valence-electron chi connectivity index (χ0n) is 9.65. The first kappa shape index (κ1) is 17.2. The van der Waals surface area contributed by atoms with Crippen LogP contribution in [0.1, 0.15) is 5.56 Å².